The van der Waals surface area contributed by atoms with E-state index < -0.39 is 10.0 Å². The molecule has 3 aromatic rings. The van der Waals surface area contributed by atoms with E-state index in [9.17, 15) is 8.42 Å². The summed E-state index contributed by atoms with van der Waals surface area (Å²) in [6.07, 6.45) is 0.665. The van der Waals surface area contributed by atoms with Crippen LogP contribution in [0.3, 0.4) is 0 Å². The molecule has 0 saturated heterocycles. The van der Waals surface area contributed by atoms with Crippen LogP contribution in [0.1, 0.15) is 16.8 Å². The first-order valence-electron chi connectivity index (χ1n) is 8.00. The van der Waals surface area contributed by atoms with Crippen molar-refractivity contribution in [3.05, 3.63) is 65.4 Å². The summed E-state index contributed by atoms with van der Waals surface area (Å²) >= 11 is 0. The molecule has 2 aromatic carbocycles. The zero-order chi connectivity index (χ0) is 17.3. The number of nitrogens with zero attached hydrogens (tertiary/aromatic N) is 1. The molecule has 0 fully saturated rings. The van der Waals surface area contributed by atoms with E-state index in [1.165, 1.54) is 22.2 Å². The molecule has 0 bridgehead atoms. The van der Waals surface area contributed by atoms with Gasteiger partial charge in [-0.1, -0.05) is 36.4 Å². The Balaban J connectivity index is 1.80. The summed E-state index contributed by atoms with van der Waals surface area (Å²) in [5.74, 6) is 0. The molecule has 1 aromatic heterocycles. The van der Waals surface area contributed by atoms with Gasteiger partial charge in [0.2, 0.25) is 10.0 Å². The molecule has 0 amide bonds. The second-order valence-electron chi connectivity index (χ2n) is 6.05. The minimum atomic E-state index is -3.48. The molecular weight excluding hydrogens is 320 g/mol. The van der Waals surface area contributed by atoms with Crippen LogP contribution in [0.2, 0.25) is 0 Å². The average molecular weight is 342 g/mol. The van der Waals surface area contributed by atoms with Crippen LogP contribution in [-0.4, -0.2) is 19.5 Å². The fourth-order valence-corrected chi connectivity index (χ4v) is 4.44. The summed E-state index contributed by atoms with van der Waals surface area (Å²) in [5, 5.41) is 1.19. The molecule has 1 N–H and O–H groups in total. The highest BCUT2D eigenvalue weighted by molar-refractivity contribution is 7.89. The van der Waals surface area contributed by atoms with Crippen molar-refractivity contribution in [2.75, 3.05) is 6.54 Å². The van der Waals surface area contributed by atoms with Gasteiger partial charge in [-0.15, -0.1) is 0 Å². The molecule has 0 atom stereocenters. The van der Waals surface area contributed by atoms with Crippen LogP contribution in [-0.2, 0) is 23.5 Å². The molecule has 0 unspecified atom stereocenters. The summed E-state index contributed by atoms with van der Waals surface area (Å²) in [4.78, 5) is 0.347. The Bertz CT molecular complexity index is 988. The Morgan fingerprint density at radius 2 is 1.67 bits per heavy atom. The van der Waals surface area contributed by atoms with E-state index in [-0.39, 0.29) is 0 Å². The van der Waals surface area contributed by atoms with E-state index in [1.807, 2.05) is 38.2 Å². The van der Waals surface area contributed by atoms with Gasteiger partial charge in [-0.25, -0.2) is 13.1 Å². The van der Waals surface area contributed by atoms with E-state index >= 15 is 0 Å². The highest BCUT2D eigenvalue weighted by Crippen LogP contribution is 2.25. The predicted octanol–water partition coefficient (Wildman–Crippen LogP) is 3.32. The Morgan fingerprint density at radius 1 is 1.00 bits per heavy atom. The molecule has 4 nitrogen and oxygen atoms in total. The van der Waals surface area contributed by atoms with Crippen LogP contribution in [0.5, 0.6) is 0 Å². The third kappa shape index (κ3) is 2.97. The number of fused-ring (bicyclic) bond motifs is 1. The smallest absolute Gasteiger partial charge is 0.240 e. The zero-order valence-corrected chi connectivity index (χ0v) is 15.0. The van der Waals surface area contributed by atoms with Gasteiger partial charge < -0.3 is 4.57 Å². The van der Waals surface area contributed by atoms with Gasteiger partial charge in [0, 0.05) is 30.2 Å². The highest BCUT2D eigenvalue weighted by Gasteiger charge is 2.17. The molecule has 0 saturated carbocycles. The molecule has 3 rings (SSSR count). The Hall–Kier alpha value is -2.11. The number of para-hydroxylation sites is 1. The molecule has 0 aliphatic carbocycles. The Kier molecular flexibility index (Phi) is 4.47. The van der Waals surface area contributed by atoms with E-state index in [2.05, 4.69) is 28.3 Å². The van der Waals surface area contributed by atoms with Gasteiger partial charge in [0.05, 0.1) is 4.90 Å². The number of benzene rings is 2. The van der Waals surface area contributed by atoms with Crippen molar-refractivity contribution >= 4 is 20.9 Å². The lowest BCUT2D eigenvalue weighted by Crippen LogP contribution is -2.26. The third-order valence-corrected chi connectivity index (χ3v) is 6.20. The molecular formula is C19H22N2O2S. The van der Waals surface area contributed by atoms with Gasteiger partial charge in [-0.05, 0) is 43.5 Å². The number of aromatic nitrogens is 1. The van der Waals surface area contributed by atoms with Gasteiger partial charge in [0.25, 0.3) is 0 Å². The SMILES string of the molecule is Cc1ccccc1S(=O)(=O)NCCc1c(C)n(C)c2ccccc12. The van der Waals surface area contributed by atoms with Crippen molar-refractivity contribution in [1.82, 2.24) is 9.29 Å². The molecule has 0 aliphatic rings. The lowest BCUT2D eigenvalue weighted by atomic mass is 10.1. The van der Waals surface area contributed by atoms with Gasteiger partial charge in [-0.2, -0.15) is 0 Å². The topological polar surface area (TPSA) is 51.1 Å². The molecule has 24 heavy (non-hydrogen) atoms. The lowest BCUT2D eigenvalue weighted by Gasteiger charge is -2.09. The molecule has 0 aliphatic heterocycles. The Labute approximate surface area is 143 Å². The van der Waals surface area contributed by atoms with E-state index in [4.69, 9.17) is 0 Å². The minimum absolute atomic E-state index is 0.347. The molecule has 0 radical (unpaired) electrons. The van der Waals surface area contributed by atoms with Crippen molar-refractivity contribution in [1.29, 1.82) is 0 Å². The summed E-state index contributed by atoms with van der Waals surface area (Å²) in [6.45, 7) is 4.26. The van der Waals surface area contributed by atoms with Gasteiger partial charge in [0.15, 0.2) is 0 Å². The fourth-order valence-electron chi connectivity index (χ4n) is 3.16. The van der Waals surface area contributed by atoms with Gasteiger partial charge in [-0.3, -0.25) is 0 Å². The minimum Gasteiger partial charge on any atom is -0.348 e. The van der Waals surface area contributed by atoms with Crippen LogP contribution in [0.4, 0.5) is 0 Å². The fraction of sp³-hybridized carbons (Fsp3) is 0.263. The van der Waals surface area contributed by atoms with Gasteiger partial charge in [0.1, 0.15) is 0 Å². The lowest BCUT2D eigenvalue weighted by molar-refractivity contribution is 0.581. The largest absolute Gasteiger partial charge is 0.348 e. The summed E-state index contributed by atoms with van der Waals surface area (Å²) in [6, 6.07) is 15.3. The summed E-state index contributed by atoms with van der Waals surface area (Å²) in [7, 11) is -1.44. The van der Waals surface area contributed by atoms with Crippen molar-refractivity contribution in [2.24, 2.45) is 7.05 Å². The van der Waals surface area contributed by atoms with Gasteiger partial charge >= 0.3 is 0 Å². The van der Waals surface area contributed by atoms with Crippen LogP contribution in [0, 0.1) is 13.8 Å². The molecule has 126 valence electrons. The second kappa shape index (κ2) is 6.42. The zero-order valence-electron chi connectivity index (χ0n) is 14.2. The van der Waals surface area contributed by atoms with Crippen molar-refractivity contribution in [3.63, 3.8) is 0 Å². The molecule has 0 spiro atoms. The average Bonchev–Trinajstić information content (AvgIpc) is 2.80. The first-order chi connectivity index (χ1) is 11.4. The second-order valence-corrected chi connectivity index (χ2v) is 7.79. The Morgan fingerprint density at radius 3 is 2.42 bits per heavy atom. The van der Waals surface area contributed by atoms with Crippen LogP contribution < -0.4 is 4.72 Å². The summed E-state index contributed by atoms with van der Waals surface area (Å²) < 4.78 is 29.8. The normalized spacial score (nSPS) is 12.0. The quantitative estimate of drug-likeness (QED) is 0.773. The maximum absolute atomic E-state index is 12.5. The number of hydrogen-bond donors (Lipinski definition) is 1. The number of hydrogen-bond acceptors (Lipinski definition) is 2. The number of aryl methyl sites for hydroxylation is 2. The standard InChI is InChI=1S/C19H22N2O2S/c1-14-8-4-7-11-19(14)24(22,23)20-13-12-16-15(2)21(3)18-10-6-5-9-17(16)18/h4-11,20H,12-13H2,1-3H3. The van der Waals surface area contributed by atoms with E-state index in [0.29, 0.717) is 17.9 Å². The number of sulfonamides is 1. The monoisotopic (exact) mass is 342 g/mol. The first kappa shape index (κ1) is 16.7. The maximum atomic E-state index is 12.5. The van der Waals surface area contributed by atoms with Crippen LogP contribution in [0.25, 0.3) is 10.9 Å². The molecule has 5 heteroatoms. The van der Waals surface area contributed by atoms with Crippen molar-refractivity contribution in [3.8, 4) is 0 Å². The van der Waals surface area contributed by atoms with Crippen LogP contribution >= 0.6 is 0 Å². The predicted molar refractivity (Wildman–Crippen MR) is 97.7 cm³/mol. The van der Waals surface area contributed by atoms with Crippen LogP contribution in [0.15, 0.2) is 53.4 Å². The number of nitrogens with one attached hydrogen (secondary N) is 1. The first-order valence-corrected chi connectivity index (χ1v) is 9.48. The van der Waals surface area contributed by atoms with E-state index in [1.54, 1.807) is 12.1 Å². The molecule has 1 heterocycles. The third-order valence-electron chi connectivity index (χ3n) is 4.58. The highest BCUT2D eigenvalue weighted by atomic mass is 32.2. The summed E-state index contributed by atoms with van der Waals surface area (Å²) in [5.41, 5.74) is 4.30. The number of rotatable bonds is 5. The van der Waals surface area contributed by atoms with E-state index in [0.717, 1.165) is 5.56 Å². The van der Waals surface area contributed by atoms with Crippen molar-refractivity contribution in [2.45, 2.75) is 25.2 Å². The maximum Gasteiger partial charge on any atom is 0.240 e. The van der Waals surface area contributed by atoms with Crippen molar-refractivity contribution < 1.29 is 8.42 Å².